The Balaban J connectivity index is 1.47. The van der Waals surface area contributed by atoms with E-state index in [-0.39, 0.29) is 32.2 Å². The zero-order valence-electron chi connectivity index (χ0n) is 14.0. The van der Waals surface area contributed by atoms with Crippen molar-refractivity contribution in [3.05, 3.63) is 53.6 Å². The molecule has 144 valence electrons. The minimum Gasteiger partial charge on any atom is -0.454 e. The summed E-state index contributed by atoms with van der Waals surface area (Å²) in [6.45, 7) is 0.211. The number of amides is 1. The van der Waals surface area contributed by atoms with E-state index in [1.165, 1.54) is 0 Å². The fraction of sp³-hybridized carbons (Fsp3) is 0.235. The molecule has 0 aromatic heterocycles. The first-order valence-corrected chi connectivity index (χ1v) is 9.43. The number of ether oxygens (including phenoxy) is 2. The number of carbonyl (C=O) groups excluding carboxylic acids is 1. The third-order valence-corrected chi connectivity index (χ3v) is 5.23. The van der Waals surface area contributed by atoms with Gasteiger partial charge >= 0.3 is 0 Å². The number of benzene rings is 2. The first-order valence-electron chi connectivity index (χ1n) is 7.95. The minimum atomic E-state index is -4.04. The van der Waals surface area contributed by atoms with E-state index in [4.69, 9.17) is 9.47 Å². The van der Waals surface area contributed by atoms with Gasteiger partial charge < -0.3 is 14.8 Å². The number of nitrogens with one attached hydrogen (secondary N) is 2. The highest BCUT2D eigenvalue weighted by Gasteiger charge is 2.17. The highest BCUT2D eigenvalue weighted by Crippen LogP contribution is 2.32. The van der Waals surface area contributed by atoms with Gasteiger partial charge in [-0.15, -0.1) is 0 Å². The maximum absolute atomic E-state index is 13.2. The predicted octanol–water partition coefficient (Wildman–Crippen LogP) is 1.68. The van der Waals surface area contributed by atoms with Crippen LogP contribution in [0, 0.1) is 11.6 Å². The lowest BCUT2D eigenvalue weighted by Gasteiger charge is -2.08. The van der Waals surface area contributed by atoms with Crippen molar-refractivity contribution >= 4 is 15.9 Å². The van der Waals surface area contributed by atoms with Crippen LogP contribution in [0.5, 0.6) is 11.5 Å². The van der Waals surface area contributed by atoms with Crippen LogP contribution >= 0.6 is 0 Å². The second kappa shape index (κ2) is 7.89. The Labute approximate surface area is 154 Å². The second-order valence-corrected chi connectivity index (χ2v) is 7.45. The molecule has 3 rings (SSSR count). The summed E-state index contributed by atoms with van der Waals surface area (Å²) in [5, 5.41) is 2.65. The van der Waals surface area contributed by atoms with Crippen molar-refractivity contribution in [3.8, 4) is 11.5 Å². The summed E-state index contributed by atoms with van der Waals surface area (Å²) in [7, 11) is -4.04. The zero-order chi connectivity index (χ0) is 19.4. The molecule has 0 saturated carbocycles. The molecule has 1 aliphatic heterocycles. The summed E-state index contributed by atoms with van der Waals surface area (Å²) < 4.78 is 62.7. The van der Waals surface area contributed by atoms with E-state index >= 15 is 0 Å². The number of sulfonamides is 1. The number of hydrogen-bond acceptors (Lipinski definition) is 5. The van der Waals surface area contributed by atoms with E-state index < -0.39 is 26.6 Å². The smallest absolute Gasteiger partial charge is 0.240 e. The first kappa shape index (κ1) is 19.1. The van der Waals surface area contributed by atoms with Crippen molar-refractivity contribution in [3.63, 3.8) is 0 Å². The Hall–Kier alpha value is -2.72. The zero-order valence-corrected chi connectivity index (χ0v) is 14.8. The molecule has 0 aliphatic carbocycles. The lowest BCUT2D eigenvalue weighted by atomic mass is 10.2. The summed E-state index contributed by atoms with van der Waals surface area (Å²) in [4.78, 5) is 11.4. The van der Waals surface area contributed by atoms with E-state index in [2.05, 4.69) is 10.0 Å². The van der Waals surface area contributed by atoms with E-state index in [1.807, 2.05) is 0 Å². The quantitative estimate of drug-likeness (QED) is 0.740. The molecule has 0 atom stereocenters. The molecule has 1 heterocycles. The molecular weight excluding hydrogens is 382 g/mol. The third kappa shape index (κ3) is 4.72. The molecule has 0 fully saturated rings. The van der Waals surface area contributed by atoms with Crippen LogP contribution in [0.1, 0.15) is 12.0 Å². The van der Waals surface area contributed by atoms with Gasteiger partial charge in [0.15, 0.2) is 23.1 Å². The van der Waals surface area contributed by atoms with Crippen LogP contribution in [-0.4, -0.2) is 27.7 Å². The highest BCUT2D eigenvalue weighted by molar-refractivity contribution is 7.89. The Morgan fingerprint density at radius 1 is 1.04 bits per heavy atom. The normalized spacial score (nSPS) is 12.8. The monoisotopic (exact) mass is 398 g/mol. The van der Waals surface area contributed by atoms with Gasteiger partial charge in [0, 0.05) is 19.5 Å². The van der Waals surface area contributed by atoms with E-state index in [0.29, 0.717) is 17.6 Å². The molecule has 0 saturated heterocycles. The molecule has 1 aliphatic rings. The van der Waals surface area contributed by atoms with Crippen LogP contribution in [0.3, 0.4) is 0 Å². The summed E-state index contributed by atoms with van der Waals surface area (Å²) in [5.41, 5.74) is 0.801. The van der Waals surface area contributed by atoms with Crippen molar-refractivity contribution in [2.24, 2.45) is 0 Å². The topological polar surface area (TPSA) is 93.7 Å². The van der Waals surface area contributed by atoms with Crippen LogP contribution < -0.4 is 19.5 Å². The fourth-order valence-corrected chi connectivity index (χ4v) is 3.41. The van der Waals surface area contributed by atoms with Gasteiger partial charge in [0.1, 0.15) is 0 Å². The highest BCUT2D eigenvalue weighted by atomic mass is 32.2. The van der Waals surface area contributed by atoms with Crippen LogP contribution in [-0.2, 0) is 21.4 Å². The number of hydrogen-bond donors (Lipinski definition) is 2. The number of halogens is 2. The van der Waals surface area contributed by atoms with Gasteiger partial charge in [-0.1, -0.05) is 6.07 Å². The Morgan fingerprint density at radius 3 is 2.59 bits per heavy atom. The Morgan fingerprint density at radius 2 is 1.81 bits per heavy atom. The van der Waals surface area contributed by atoms with Crippen LogP contribution in [0.4, 0.5) is 8.78 Å². The number of fused-ring (bicyclic) bond motifs is 1. The molecule has 0 radical (unpaired) electrons. The number of rotatable bonds is 7. The maximum Gasteiger partial charge on any atom is 0.240 e. The van der Waals surface area contributed by atoms with Gasteiger partial charge in [-0.2, -0.15) is 0 Å². The summed E-state index contributed by atoms with van der Waals surface area (Å²) in [6, 6.07) is 7.51. The van der Waals surface area contributed by atoms with Crippen molar-refractivity contribution in [2.45, 2.75) is 17.9 Å². The van der Waals surface area contributed by atoms with Crippen molar-refractivity contribution in [1.29, 1.82) is 0 Å². The molecule has 2 aromatic rings. The molecule has 2 aromatic carbocycles. The van der Waals surface area contributed by atoms with Crippen LogP contribution in [0.25, 0.3) is 0 Å². The Kier molecular flexibility index (Phi) is 5.57. The van der Waals surface area contributed by atoms with Gasteiger partial charge in [0.25, 0.3) is 0 Å². The average Bonchev–Trinajstić information content (AvgIpc) is 3.09. The molecule has 1 amide bonds. The molecule has 10 heteroatoms. The van der Waals surface area contributed by atoms with E-state index in [9.17, 15) is 22.0 Å². The summed E-state index contributed by atoms with van der Waals surface area (Å²) in [5.74, 6) is -1.55. The van der Waals surface area contributed by atoms with Crippen molar-refractivity contribution < 1.29 is 31.5 Å². The molecule has 0 spiro atoms. The third-order valence-electron chi connectivity index (χ3n) is 3.77. The first-order chi connectivity index (χ1) is 12.8. The lowest BCUT2D eigenvalue weighted by Crippen LogP contribution is -2.30. The standard InChI is InChI=1S/C17H16F2N2O5S/c18-13-3-2-12(8-14(13)19)27(23,24)21-6-5-17(22)20-9-11-1-4-15-16(7-11)26-10-25-15/h1-4,7-8,21H,5-6,9-10H2,(H,20,22). The van der Waals surface area contributed by atoms with Crippen molar-refractivity contribution in [2.75, 3.05) is 13.3 Å². The molecule has 0 unspecified atom stereocenters. The molecular formula is C17H16F2N2O5S. The Bertz CT molecular complexity index is 966. The summed E-state index contributed by atoms with van der Waals surface area (Å²) in [6.07, 6.45) is -0.118. The van der Waals surface area contributed by atoms with Crippen LogP contribution in [0.15, 0.2) is 41.3 Å². The van der Waals surface area contributed by atoms with Gasteiger partial charge in [0.05, 0.1) is 4.90 Å². The molecule has 0 bridgehead atoms. The van der Waals surface area contributed by atoms with E-state index in [1.54, 1.807) is 18.2 Å². The SMILES string of the molecule is O=C(CCNS(=O)(=O)c1ccc(F)c(F)c1)NCc1ccc2c(c1)OCO2. The molecule has 7 nitrogen and oxygen atoms in total. The molecule has 2 N–H and O–H groups in total. The van der Waals surface area contributed by atoms with E-state index in [0.717, 1.165) is 17.7 Å². The minimum absolute atomic E-state index is 0.118. The van der Waals surface area contributed by atoms with Gasteiger partial charge in [0.2, 0.25) is 22.7 Å². The average molecular weight is 398 g/mol. The number of carbonyl (C=O) groups is 1. The molecule has 27 heavy (non-hydrogen) atoms. The van der Waals surface area contributed by atoms with Crippen molar-refractivity contribution in [1.82, 2.24) is 10.0 Å². The predicted molar refractivity (Wildman–Crippen MR) is 90.6 cm³/mol. The van der Waals surface area contributed by atoms with Gasteiger partial charge in [-0.05, 0) is 35.9 Å². The van der Waals surface area contributed by atoms with Gasteiger partial charge in [-0.3, -0.25) is 4.79 Å². The lowest BCUT2D eigenvalue weighted by molar-refractivity contribution is -0.121. The fourth-order valence-electron chi connectivity index (χ4n) is 2.37. The largest absolute Gasteiger partial charge is 0.454 e. The second-order valence-electron chi connectivity index (χ2n) is 5.69. The van der Waals surface area contributed by atoms with Gasteiger partial charge in [-0.25, -0.2) is 21.9 Å². The van der Waals surface area contributed by atoms with Crippen LogP contribution in [0.2, 0.25) is 0 Å². The maximum atomic E-state index is 13.2. The summed E-state index contributed by atoms with van der Waals surface area (Å²) >= 11 is 0.